The Balaban J connectivity index is 1.60. The van der Waals surface area contributed by atoms with Gasteiger partial charge in [0.15, 0.2) is 11.5 Å². The van der Waals surface area contributed by atoms with Crippen molar-refractivity contribution in [1.82, 2.24) is 9.80 Å². The number of urea groups is 1. The van der Waals surface area contributed by atoms with E-state index in [-0.39, 0.29) is 13.3 Å². The van der Waals surface area contributed by atoms with Crippen molar-refractivity contribution in [2.24, 2.45) is 0 Å². The predicted octanol–water partition coefficient (Wildman–Crippen LogP) is 3.12. The van der Waals surface area contributed by atoms with Crippen LogP contribution >= 0.6 is 11.6 Å². The molecule has 2 aromatic rings. The Kier molecular flexibility index (Phi) is 4.24. The maximum absolute atomic E-state index is 12.8. The van der Waals surface area contributed by atoms with Gasteiger partial charge in [0.25, 0.3) is 0 Å². The van der Waals surface area contributed by atoms with Gasteiger partial charge in [-0.1, -0.05) is 41.9 Å². The number of benzene rings is 2. The lowest BCUT2D eigenvalue weighted by atomic mass is 10.1. The number of carbonyl (C=O) groups is 3. The average Bonchev–Trinajstić information content (AvgIpc) is 3.22. The number of carbonyl (C=O) groups excluding carboxylic acids is 3. The molecule has 1 unspecified atom stereocenters. The van der Waals surface area contributed by atoms with E-state index in [1.54, 1.807) is 31.2 Å². The molecule has 138 valence electrons. The molecular weight excluding hydrogens is 372 g/mol. The highest BCUT2D eigenvalue weighted by molar-refractivity contribution is 6.44. The van der Waals surface area contributed by atoms with Crippen LogP contribution in [-0.2, 0) is 16.1 Å². The van der Waals surface area contributed by atoms with E-state index >= 15 is 0 Å². The maximum atomic E-state index is 12.8. The van der Waals surface area contributed by atoms with E-state index in [4.69, 9.17) is 21.1 Å². The summed E-state index contributed by atoms with van der Waals surface area (Å²) in [5.74, 6) is -0.841. The van der Waals surface area contributed by atoms with Crippen molar-refractivity contribution in [3.8, 4) is 11.5 Å². The molecule has 2 heterocycles. The average molecular weight is 387 g/mol. The van der Waals surface area contributed by atoms with Gasteiger partial charge >= 0.3 is 17.8 Å². The number of ether oxygens (including phenoxy) is 2. The SMILES string of the molecule is CC(c1ccccc1)N1C(=O)C(=O)N(Cc2cc(Cl)c3c(c2)OCO3)C1=O. The van der Waals surface area contributed by atoms with Crippen molar-refractivity contribution in [3.05, 3.63) is 58.6 Å². The number of halogens is 1. The van der Waals surface area contributed by atoms with Crippen LogP contribution < -0.4 is 9.47 Å². The zero-order chi connectivity index (χ0) is 19.1. The minimum absolute atomic E-state index is 0.0565. The zero-order valence-corrected chi connectivity index (χ0v) is 15.1. The van der Waals surface area contributed by atoms with Crippen LogP contribution in [0.25, 0.3) is 0 Å². The van der Waals surface area contributed by atoms with Crippen LogP contribution in [0, 0.1) is 0 Å². The van der Waals surface area contributed by atoms with Gasteiger partial charge in [-0.2, -0.15) is 0 Å². The van der Waals surface area contributed by atoms with Crippen LogP contribution in [0.15, 0.2) is 42.5 Å². The van der Waals surface area contributed by atoms with Crippen LogP contribution in [0.5, 0.6) is 11.5 Å². The van der Waals surface area contributed by atoms with Gasteiger partial charge in [0.2, 0.25) is 6.79 Å². The minimum atomic E-state index is -0.864. The molecule has 0 radical (unpaired) electrons. The number of fused-ring (bicyclic) bond motifs is 1. The number of hydrogen-bond acceptors (Lipinski definition) is 5. The molecule has 7 nitrogen and oxygen atoms in total. The summed E-state index contributed by atoms with van der Waals surface area (Å²) in [5.41, 5.74) is 1.33. The standard InChI is InChI=1S/C19H15ClN2O5/c1-11(13-5-3-2-4-6-13)22-18(24)17(23)21(19(22)25)9-12-7-14(20)16-15(8-12)26-10-27-16/h2-8,11H,9-10H2,1H3. The van der Waals surface area contributed by atoms with Crippen LogP contribution in [0.4, 0.5) is 4.79 Å². The van der Waals surface area contributed by atoms with Crippen molar-refractivity contribution in [1.29, 1.82) is 0 Å². The van der Waals surface area contributed by atoms with Crippen LogP contribution in [0.3, 0.4) is 0 Å². The minimum Gasteiger partial charge on any atom is -0.454 e. The van der Waals surface area contributed by atoms with Gasteiger partial charge < -0.3 is 9.47 Å². The van der Waals surface area contributed by atoms with Crippen molar-refractivity contribution < 1.29 is 23.9 Å². The van der Waals surface area contributed by atoms with Gasteiger partial charge in [-0.25, -0.2) is 9.69 Å². The number of hydrogen-bond donors (Lipinski definition) is 0. The first-order valence-corrected chi connectivity index (χ1v) is 8.67. The van der Waals surface area contributed by atoms with E-state index < -0.39 is 23.9 Å². The van der Waals surface area contributed by atoms with E-state index in [1.165, 1.54) is 0 Å². The summed E-state index contributed by atoms with van der Waals surface area (Å²) in [5, 5.41) is 0.319. The summed E-state index contributed by atoms with van der Waals surface area (Å²) in [4.78, 5) is 39.5. The van der Waals surface area contributed by atoms with Crippen molar-refractivity contribution in [3.63, 3.8) is 0 Å². The first kappa shape index (κ1) is 17.4. The molecule has 0 aromatic heterocycles. The zero-order valence-electron chi connectivity index (χ0n) is 14.3. The number of imide groups is 2. The highest BCUT2D eigenvalue weighted by atomic mass is 35.5. The van der Waals surface area contributed by atoms with Crippen LogP contribution in [-0.4, -0.2) is 34.4 Å². The third-order valence-electron chi connectivity index (χ3n) is 4.58. The lowest BCUT2D eigenvalue weighted by Crippen LogP contribution is -2.35. The predicted molar refractivity (Wildman–Crippen MR) is 95.2 cm³/mol. The number of nitrogens with zero attached hydrogens (tertiary/aromatic N) is 2. The fourth-order valence-corrected chi connectivity index (χ4v) is 3.47. The maximum Gasteiger partial charge on any atom is 0.335 e. The molecule has 1 saturated heterocycles. The number of rotatable bonds is 4. The molecule has 27 heavy (non-hydrogen) atoms. The molecule has 0 spiro atoms. The molecular formula is C19H15ClN2O5. The molecule has 8 heteroatoms. The Morgan fingerprint density at radius 2 is 1.81 bits per heavy atom. The first-order valence-electron chi connectivity index (χ1n) is 8.29. The molecule has 4 rings (SSSR count). The number of amides is 4. The largest absolute Gasteiger partial charge is 0.454 e. The van der Waals surface area contributed by atoms with E-state index in [0.29, 0.717) is 22.1 Å². The second kappa shape index (κ2) is 6.59. The summed E-state index contributed by atoms with van der Waals surface area (Å²) >= 11 is 6.15. The van der Waals surface area contributed by atoms with Gasteiger partial charge in [-0.3, -0.25) is 14.5 Å². The third-order valence-corrected chi connectivity index (χ3v) is 4.86. The quantitative estimate of drug-likeness (QED) is 0.596. The Bertz CT molecular complexity index is 947. The van der Waals surface area contributed by atoms with Crippen molar-refractivity contribution >= 4 is 29.4 Å². The van der Waals surface area contributed by atoms with E-state index in [9.17, 15) is 14.4 Å². The summed E-state index contributed by atoms with van der Waals surface area (Å²) in [6.07, 6.45) is 0. The molecule has 0 saturated carbocycles. The van der Waals surface area contributed by atoms with Gasteiger partial charge in [0.1, 0.15) is 0 Å². The smallest absolute Gasteiger partial charge is 0.335 e. The molecule has 2 aliphatic rings. The second-order valence-electron chi connectivity index (χ2n) is 6.25. The van der Waals surface area contributed by atoms with Crippen molar-refractivity contribution in [2.75, 3.05) is 6.79 Å². The summed E-state index contributed by atoms with van der Waals surface area (Å²) < 4.78 is 10.6. The van der Waals surface area contributed by atoms with Gasteiger partial charge in [0.05, 0.1) is 17.6 Å². The molecule has 2 aromatic carbocycles. The molecule has 0 bridgehead atoms. The van der Waals surface area contributed by atoms with Crippen LogP contribution in [0.1, 0.15) is 24.1 Å². The van der Waals surface area contributed by atoms with E-state index in [1.807, 2.05) is 18.2 Å². The monoisotopic (exact) mass is 386 g/mol. The fourth-order valence-electron chi connectivity index (χ4n) is 3.18. The van der Waals surface area contributed by atoms with Gasteiger partial charge in [-0.15, -0.1) is 0 Å². The third kappa shape index (κ3) is 2.90. The van der Waals surface area contributed by atoms with E-state index in [2.05, 4.69) is 0 Å². The molecule has 2 aliphatic heterocycles. The highest BCUT2D eigenvalue weighted by Gasteiger charge is 2.46. The van der Waals surface area contributed by atoms with Gasteiger partial charge in [-0.05, 0) is 30.2 Å². The first-order chi connectivity index (χ1) is 13.0. The topological polar surface area (TPSA) is 76.2 Å². The normalized spacial score (nSPS) is 17.0. The molecule has 1 fully saturated rings. The molecule has 4 amide bonds. The van der Waals surface area contributed by atoms with E-state index in [0.717, 1.165) is 15.4 Å². The molecule has 0 aliphatic carbocycles. The summed E-state index contributed by atoms with van der Waals surface area (Å²) in [6, 6.07) is 11.1. The lowest BCUT2D eigenvalue weighted by Gasteiger charge is -2.22. The summed E-state index contributed by atoms with van der Waals surface area (Å²) in [6.45, 7) is 1.68. The Morgan fingerprint density at radius 3 is 2.56 bits per heavy atom. The van der Waals surface area contributed by atoms with Crippen molar-refractivity contribution in [2.45, 2.75) is 19.5 Å². The Hall–Kier alpha value is -3.06. The fraction of sp³-hybridized carbons (Fsp3) is 0.211. The van der Waals surface area contributed by atoms with Gasteiger partial charge in [0, 0.05) is 0 Å². The second-order valence-corrected chi connectivity index (χ2v) is 6.65. The highest BCUT2D eigenvalue weighted by Crippen LogP contribution is 2.40. The van der Waals surface area contributed by atoms with Crippen LogP contribution in [0.2, 0.25) is 5.02 Å². The Morgan fingerprint density at radius 1 is 1.07 bits per heavy atom. The molecule has 1 atom stereocenters. The molecule has 0 N–H and O–H groups in total. The lowest BCUT2D eigenvalue weighted by molar-refractivity contribution is -0.144. The summed E-state index contributed by atoms with van der Waals surface area (Å²) in [7, 11) is 0. The Labute approximate surface area is 160 Å².